The van der Waals surface area contributed by atoms with Crippen LogP contribution in [0.4, 0.5) is 5.69 Å². The smallest absolute Gasteiger partial charge is 0.125 e. The van der Waals surface area contributed by atoms with Gasteiger partial charge in [-0.2, -0.15) is 0 Å². The molecule has 7 heteroatoms. The van der Waals surface area contributed by atoms with Crippen LogP contribution in [0.1, 0.15) is 34.0 Å². The van der Waals surface area contributed by atoms with E-state index in [4.69, 9.17) is 14.7 Å². The first-order valence-corrected chi connectivity index (χ1v) is 10.9. The minimum atomic E-state index is -0.138. The van der Waals surface area contributed by atoms with Crippen LogP contribution in [0.5, 0.6) is 11.5 Å². The number of aromatic nitrogens is 1. The fourth-order valence-corrected chi connectivity index (χ4v) is 4.65. The Morgan fingerprint density at radius 2 is 1.97 bits per heavy atom. The number of H-pyrrole nitrogens is 1. The second kappa shape index (κ2) is 8.78. The van der Waals surface area contributed by atoms with Gasteiger partial charge in [0, 0.05) is 28.7 Å². The van der Waals surface area contributed by atoms with E-state index < -0.39 is 0 Å². The lowest BCUT2D eigenvalue weighted by molar-refractivity contribution is 0.292. The van der Waals surface area contributed by atoms with Crippen molar-refractivity contribution in [3.05, 3.63) is 93.8 Å². The van der Waals surface area contributed by atoms with Gasteiger partial charge in [-0.05, 0) is 66.4 Å². The lowest BCUT2D eigenvalue weighted by Crippen LogP contribution is -2.30. The normalized spacial score (nSPS) is 15.3. The van der Waals surface area contributed by atoms with Gasteiger partial charge in [0.25, 0.3) is 0 Å². The Balaban J connectivity index is 1.43. The number of rotatable bonds is 6. The summed E-state index contributed by atoms with van der Waals surface area (Å²) in [4.78, 5) is 3.62. The van der Waals surface area contributed by atoms with Gasteiger partial charge in [0.2, 0.25) is 0 Å². The number of benzene rings is 3. The first-order valence-electron chi connectivity index (χ1n) is 10.9. The summed E-state index contributed by atoms with van der Waals surface area (Å²) in [5.41, 5.74) is 6.62. The quantitative estimate of drug-likeness (QED) is 0.363. The predicted molar refractivity (Wildman–Crippen MR) is 128 cm³/mol. The summed E-state index contributed by atoms with van der Waals surface area (Å²) < 4.78 is 11.6. The molecule has 5 rings (SSSR count). The van der Waals surface area contributed by atoms with Gasteiger partial charge in [0.1, 0.15) is 18.1 Å². The molecule has 170 valence electrons. The first kappa shape index (κ1) is 21.3. The Bertz CT molecular complexity index is 1300. The molecule has 1 unspecified atom stereocenters. The summed E-state index contributed by atoms with van der Waals surface area (Å²) in [6, 6.07) is 19.6. The molecule has 0 fully saturated rings. The summed E-state index contributed by atoms with van der Waals surface area (Å²) in [7, 11) is 1.65. The number of hydrogen-bond acceptors (Lipinski definition) is 6. The maximum Gasteiger partial charge on any atom is 0.125 e. The number of hydrogen-bond donors (Lipinski definition) is 3. The van der Waals surface area contributed by atoms with Gasteiger partial charge in [0.05, 0.1) is 18.8 Å². The molecule has 0 saturated carbocycles. The molecular weight excluding hydrogens is 418 g/mol. The SMILES string of the molecule is COc1ccc(C2NCCc3c2[nH]c2ccccc32)cc1COc1ccc(N([O-])O)c(C)c1. The van der Waals surface area contributed by atoms with E-state index in [0.29, 0.717) is 17.9 Å². The van der Waals surface area contributed by atoms with Crippen molar-refractivity contribution >= 4 is 16.6 Å². The zero-order chi connectivity index (χ0) is 22.9. The first-order chi connectivity index (χ1) is 16.0. The average Bonchev–Trinajstić information content (AvgIpc) is 3.21. The van der Waals surface area contributed by atoms with Gasteiger partial charge in [0.15, 0.2) is 0 Å². The zero-order valence-corrected chi connectivity index (χ0v) is 18.6. The summed E-state index contributed by atoms with van der Waals surface area (Å²) in [5.74, 6) is 1.36. The van der Waals surface area contributed by atoms with Crippen LogP contribution in [0.25, 0.3) is 10.9 Å². The summed E-state index contributed by atoms with van der Waals surface area (Å²) in [6.45, 7) is 2.96. The van der Waals surface area contributed by atoms with Crippen molar-refractivity contribution in [2.24, 2.45) is 0 Å². The van der Waals surface area contributed by atoms with Crippen molar-refractivity contribution in [2.75, 3.05) is 18.9 Å². The molecule has 33 heavy (non-hydrogen) atoms. The highest BCUT2D eigenvalue weighted by Gasteiger charge is 2.25. The topological polar surface area (TPSA) is 92.8 Å². The molecule has 0 aliphatic carbocycles. The molecule has 7 nitrogen and oxygen atoms in total. The van der Waals surface area contributed by atoms with Crippen LogP contribution in [0, 0.1) is 12.1 Å². The van der Waals surface area contributed by atoms with Gasteiger partial charge in [-0.3, -0.25) is 5.21 Å². The number of aryl methyl sites for hydroxylation is 1. The van der Waals surface area contributed by atoms with Crippen LogP contribution >= 0.6 is 0 Å². The van der Waals surface area contributed by atoms with Crippen molar-refractivity contribution in [3.8, 4) is 11.5 Å². The Labute approximate surface area is 192 Å². The number of fused-ring (bicyclic) bond motifs is 3. The number of methoxy groups -OCH3 is 1. The molecule has 1 aliphatic heterocycles. The Morgan fingerprint density at radius 1 is 1.12 bits per heavy atom. The minimum absolute atomic E-state index is 0.0555. The monoisotopic (exact) mass is 444 g/mol. The summed E-state index contributed by atoms with van der Waals surface area (Å²) in [5, 5.41) is 25.1. The van der Waals surface area contributed by atoms with E-state index in [-0.39, 0.29) is 17.0 Å². The van der Waals surface area contributed by atoms with Crippen molar-refractivity contribution in [3.63, 3.8) is 0 Å². The number of nitrogens with one attached hydrogen (secondary N) is 2. The Morgan fingerprint density at radius 3 is 2.76 bits per heavy atom. The predicted octanol–water partition coefficient (Wildman–Crippen LogP) is 4.99. The molecule has 0 spiro atoms. The molecule has 1 atom stereocenters. The standard InChI is InChI=1S/C26H26N3O4/c1-16-13-19(8-9-23(16)29(30)31)33-15-18-14-17(7-10-24(18)32-2)25-26-21(11-12-27-25)20-5-3-4-6-22(20)28-26/h3-10,13-14,25,27-28,30H,11-12,15H2,1-2H3/q-1. The molecule has 0 saturated heterocycles. The molecule has 0 bridgehead atoms. The number of nitrogens with zero attached hydrogens (tertiary/aromatic N) is 1. The van der Waals surface area contributed by atoms with E-state index in [0.717, 1.165) is 35.4 Å². The van der Waals surface area contributed by atoms with E-state index in [1.165, 1.54) is 22.7 Å². The van der Waals surface area contributed by atoms with E-state index in [9.17, 15) is 5.21 Å². The Kier molecular flexibility index (Phi) is 5.68. The van der Waals surface area contributed by atoms with E-state index in [1.54, 1.807) is 26.2 Å². The van der Waals surface area contributed by atoms with Gasteiger partial charge in [-0.25, -0.2) is 0 Å². The fraction of sp³-hybridized carbons (Fsp3) is 0.231. The van der Waals surface area contributed by atoms with Crippen LogP contribution in [-0.4, -0.2) is 23.8 Å². The van der Waals surface area contributed by atoms with E-state index >= 15 is 0 Å². The molecule has 2 heterocycles. The molecule has 1 aromatic heterocycles. The summed E-state index contributed by atoms with van der Waals surface area (Å²) >= 11 is 0. The van der Waals surface area contributed by atoms with Gasteiger partial charge in [-0.1, -0.05) is 24.3 Å². The van der Waals surface area contributed by atoms with Crippen LogP contribution in [0.2, 0.25) is 0 Å². The van der Waals surface area contributed by atoms with E-state index in [1.807, 2.05) is 6.07 Å². The lowest BCUT2D eigenvalue weighted by atomic mass is 9.93. The van der Waals surface area contributed by atoms with Crippen LogP contribution < -0.4 is 20.0 Å². The molecule has 0 amide bonds. The molecule has 1 aliphatic rings. The van der Waals surface area contributed by atoms with Crippen molar-refractivity contribution < 1.29 is 14.7 Å². The number of aromatic amines is 1. The van der Waals surface area contributed by atoms with Gasteiger partial charge < -0.3 is 30.2 Å². The van der Waals surface area contributed by atoms with Crippen molar-refractivity contribution in [2.45, 2.75) is 26.0 Å². The third-order valence-electron chi connectivity index (χ3n) is 6.27. The number of ether oxygens (including phenoxy) is 2. The maximum absolute atomic E-state index is 11.2. The lowest BCUT2D eigenvalue weighted by Gasteiger charge is -2.26. The Hall–Kier alpha value is -3.52. The molecule has 3 aromatic carbocycles. The van der Waals surface area contributed by atoms with Gasteiger partial charge >= 0.3 is 0 Å². The highest BCUT2D eigenvalue weighted by atomic mass is 16.8. The molecule has 3 N–H and O–H groups in total. The van der Waals surface area contributed by atoms with Crippen LogP contribution in [0.3, 0.4) is 0 Å². The maximum atomic E-state index is 11.2. The minimum Gasteiger partial charge on any atom is -0.733 e. The largest absolute Gasteiger partial charge is 0.733 e. The van der Waals surface area contributed by atoms with Crippen molar-refractivity contribution in [1.29, 1.82) is 0 Å². The third-order valence-corrected chi connectivity index (χ3v) is 6.27. The fourth-order valence-electron chi connectivity index (χ4n) is 4.65. The number of anilines is 1. The molecule has 4 aromatic rings. The highest BCUT2D eigenvalue weighted by Crippen LogP contribution is 2.35. The summed E-state index contributed by atoms with van der Waals surface area (Å²) in [6.07, 6.45) is 0.992. The van der Waals surface area contributed by atoms with Crippen molar-refractivity contribution in [1.82, 2.24) is 10.3 Å². The third kappa shape index (κ3) is 4.02. The highest BCUT2D eigenvalue weighted by molar-refractivity contribution is 5.85. The van der Waals surface area contributed by atoms with Gasteiger partial charge in [-0.15, -0.1) is 0 Å². The van der Waals surface area contributed by atoms with Crippen LogP contribution in [-0.2, 0) is 13.0 Å². The molecular formula is C26H26N3O4-. The second-order valence-electron chi connectivity index (χ2n) is 8.28. The number of para-hydroxylation sites is 1. The van der Waals surface area contributed by atoms with E-state index in [2.05, 4.69) is 46.7 Å². The van der Waals surface area contributed by atoms with Crippen LogP contribution in [0.15, 0.2) is 60.7 Å². The zero-order valence-electron chi connectivity index (χ0n) is 18.6. The average molecular weight is 445 g/mol. The second-order valence-corrected chi connectivity index (χ2v) is 8.28. The molecule has 0 radical (unpaired) electrons.